The molecule has 2 aliphatic rings. The van der Waals surface area contributed by atoms with Crippen molar-refractivity contribution in [2.75, 3.05) is 52.9 Å². The molecule has 1 aromatic carbocycles. The van der Waals surface area contributed by atoms with Gasteiger partial charge in [0.2, 0.25) is 0 Å². The van der Waals surface area contributed by atoms with Crippen LogP contribution in [0.3, 0.4) is 0 Å². The van der Waals surface area contributed by atoms with E-state index in [4.69, 9.17) is 4.74 Å². The molecule has 6 heteroatoms. The second-order valence-corrected chi connectivity index (χ2v) is 6.49. The number of fused-ring (bicyclic) bond motifs is 1. The Balaban J connectivity index is 1.51. The second-order valence-electron chi connectivity index (χ2n) is 6.49. The molecule has 6 nitrogen and oxygen atoms in total. The lowest BCUT2D eigenvalue weighted by molar-refractivity contribution is -0.130. The SMILES string of the molecule is CN1CCN(CCCCN2C(=O)COc3ccccc3C2=O)CC1. The highest BCUT2D eigenvalue weighted by Crippen LogP contribution is 2.23. The number of benzene rings is 1. The maximum atomic E-state index is 12.6. The van der Waals surface area contributed by atoms with Crippen molar-refractivity contribution in [3.8, 4) is 5.75 Å². The number of carbonyl (C=O) groups is 2. The fourth-order valence-electron chi connectivity index (χ4n) is 3.15. The number of ether oxygens (including phenoxy) is 1. The molecule has 2 heterocycles. The van der Waals surface area contributed by atoms with Gasteiger partial charge in [-0.1, -0.05) is 12.1 Å². The zero-order chi connectivity index (χ0) is 16.9. The number of hydrogen-bond donors (Lipinski definition) is 0. The largest absolute Gasteiger partial charge is 0.483 e. The van der Waals surface area contributed by atoms with Gasteiger partial charge in [-0.2, -0.15) is 0 Å². The van der Waals surface area contributed by atoms with E-state index in [1.54, 1.807) is 18.2 Å². The van der Waals surface area contributed by atoms with Crippen molar-refractivity contribution in [3.63, 3.8) is 0 Å². The number of carbonyl (C=O) groups excluding carboxylic acids is 2. The molecule has 1 saturated heterocycles. The Hall–Kier alpha value is -1.92. The van der Waals surface area contributed by atoms with Crippen LogP contribution in [-0.2, 0) is 4.79 Å². The van der Waals surface area contributed by atoms with E-state index in [9.17, 15) is 9.59 Å². The highest BCUT2D eigenvalue weighted by Gasteiger charge is 2.28. The van der Waals surface area contributed by atoms with E-state index in [2.05, 4.69) is 16.8 Å². The fraction of sp³-hybridized carbons (Fsp3) is 0.556. The van der Waals surface area contributed by atoms with Crippen molar-refractivity contribution in [3.05, 3.63) is 29.8 Å². The predicted octanol–water partition coefficient (Wildman–Crippen LogP) is 1.08. The predicted molar refractivity (Wildman–Crippen MR) is 91.2 cm³/mol. The molecule has 130 valence electrons. The monoisotopic (exact) mass is 331 g/mol. The highest BCUT2D eigenvalue weighted by molar-refractivity contribution is 6.07. The van der Waals surface area contributed by atoms with E-state index in [-0.39, 0.29) is 18.4 Å². The zero-order valence-electron chi connectivity index (χ0n) is 14.2. The number of imide groups is 1. The lowest BCUT2D eigenvalue weighted by Gasteiger charge is -2.32. The summed E-state index contributed by atoms with van der Waals surface area (Å²) in [4.78, 5) is 30.9. The van der Waals surface area contributed by atoms with Gasteiger partial charge in [0.25, 0.3) is 11.8 Å². The number of para-hydroxylation sites is 1. The Morgan fingerprint density at radius 3 is 2.50 bits per heavy atom. The second kappa shape index (κ2) is 7.77. The highest BCUT2D eigenvalue weighted by atomic mass is 16.5. The summed E-state index contributed by atoms with van der Waals surface area (Å²) in [5.41, 5.74) is 0.474. The van der Waals surface area contributed by atoms with E-state index in [0.29, 0.717) is 17.9 Å². The topological polar surface area (TPSA) is 53.1 Å². The van der Waals surface area contributed by atoms with Gasteiger partial charge in [-0.25, -0.2) is 0 Å². The lowest BCUT2D eigenvalue weighted by Crippen LogP contribution is -2.44. The fourth-order valence-corrected chi connectivity index (χ4v) is 3.15. The first-order valence-corrected chi connectivity index (χ1v) is 8.62. The smallest absolute Gasteiger partial charge is 0.267 e. The van der Waals surface area contributed by atoms with Gasteiger partial charge in [-0.3, -0.25) is 14.5 Å². The molecule has 0 N–H and O–H groups in total. The normalized spacial score (nSPS) is 19.8. The summed E-state index contributed by atoms with van der Waals surface area (Å²) < 4.78 is 5.45. The van der Waals surface area contributed by atoms with Crippen LogP contribution in [-0.4, -0.2) is 79.4 Å². The van der Waals surface area contributed by atoms with Crippen LogP contribution >= 0.6 is 0 Å². The maximum absolute atomic E-state index is 12.6. The van der Waals surface area contributed by atoms with Crippen molar-refractivity contribution in [1.82, 2.24) is 14.7 Å². The average Bonchev–Trinajstić information content (AvgIpc) is 2.72. The molecule has 1 aromatic rings. The van der Waals surface area contributed by atoms with Gasteiger partial charge < -0.3 is 14.5 Å². The Morgan fingerprint density at radius 1 is 1.00 bits per heavy atom. The third kappa shape index (κ3) is 3.94. The van der Waals surface area contributed by atoms with Crippen LogP contribution in [0.15, 0.2) is 24.3 Å². The van der Waals surface area contributed by atoms with E-state index in [1.807, 2.05) is 6.07 Å². The molecular formula is C18H25N3O3. The molecular weight excluding hydrogens is 306 g/mol. The number of amides is 2. The first kappa shape index (κ1) is 16.9. The van der Waals surface area contributed by atoms with Gasteiger partial charge >= 0.3 is 0 Å². The molecule has 3 rings (SSSR count). The van der Waals surface area contributed by atoms with Crippen molar-refractivity contribution < 1.29 is 14.3 Å². The molecule has 0 radical (unpaired) electrons. The minimum Gasteiger partial charge on any atom is -0.483 e. The van der Waals surface area contributed by atoms with Crippen molar-refractivity contribution >= 4 is 11.8 Å². The van der Waals surface area contributed by atoms with Crippen LogP contribution < -0.4 is 4.74 Å². The standard InChI is InChI=1S/C18H25N3O3/c1-19-10-12-20(13-11-19)8-4-5-9-21-17(22)14-24-16-7-3-2-6-15(16)18(21)23/h2-3,6-7H,4-5,8-14H2,1H3. The summed E-state index contributed by atoms with van der Waals surface area (Å²) in [6.07, 6.45) is 1.81. The third-order valence-electron chi connectivity index (χ3n) is 4.72. The van der Waals surface area contributed by atoms with Crippen molar-refractivity contribution in [2.24, 2.45) is 0 Å². The minimum absolute atomic E-state index is 0.0682. The summed E-state index contributed by atoms with van der Waals surface area (Å²) in [6.45, 7) is 5.83. The molecule has 1 fully saturated rings. The van der Waals surface area contributed by atoms with Gasteiger partial charge in [0, 0.05) is 32.7 Å². The van der Waals surface area contributed by atoms with Gasteiger partial charge in [0.1, 0.15) is 5.75 Å². The number of likely N-dealkylation sites (N-methyl/N-ethyl adjacent to an activating group) is 1. The Kier molecular flexibility index (Phi) is 5.48. The summed E-state index contributed by atoms with van der Waals surface area (Å²) in [6, 6.07) is 7.05. The summed E-state index contributed by atoms with van der Waals surface area (Å²) in [7, 11) is 2.15. The van der Waals surface area contributed by atoms with Crippen LogP contribution in [0.25, 0.3) is 0 Å². The molecule has 0 saturated carbocycles. The quantitative estimate of drug-likeness (QED) is 0.597. The lowest BCUT2D eigenvalue weighted by atomic mass is 10.1. The minimum atomic E-state index is -0.254. The van der Waals surface area contributed by atoms with Gasteiger partial charge in [0.05, 0.1) is 5.56 Å². The summed E-state index contributed by atoms with van der Waals surface area (Å²) >= 11 is 0. The third-order valence-corrected chi connectivity index (χ3v) is 4.72. The number of unbranched alkanes of at least 4 members (excludes halogenated alkanes) is 1. The number of hydrogen-bond acceptors (Lipinski definition) is 5. The van der Waals surface area contributed by atoms with E-state index in [1.165, 1.54) is 4.90 Å². The van der Waals surface area contributed by atoms with E-state index < -0.39 is 0 Å². The molecule has 0 aromatic heterocycles. The van der Waals surface area contributed by atoms with Gasteiger partial charge in [-0.15, -0.1) is 0 Å². The van der Waals surface area contributed by atoms with Crippen LogP contribution in [0.1, 0.15) is 23.2 Å². The van der Waals surface area contributed by atoms with Crippen LogP contribution in [0.4, 0.5) is 0 Å². The number of nitrogens with zero attached hydrogens (tertiary/aromatic N) is 3. The van der Waals surface area contributed by atoms with Crippen LogP contribution in [0.5, 0.6) is 5.75 Å². The van der Waals surface area contributed by atoms with Crippen molar-refractivity contribution in [1.29, 1.82) is 0 Å². The molecule has 0 unspecified atom stereocenters. The van der Waals surface area contributed by atoms with E-state index >= 15 is 0 Å². The number of piperazine rings is 1. The first-order chi connectivity index (χ1) is 11.6. The summed E-state index contributed by atoms with van der Waals surface area (Å²) in [5, 5.41) is 0. The van der Waals surface area contributed by atoms with Crippen LogP contribution in [0, 0.1) is 0 Å². The zero-order valence-corrected chi connectivity index (χ0v) is 14.2. The average molecular weight is 331 g/mol. The van der Waals surface area contributed by atoms with Gasteiger partial charge in [-0.05, 0) is 38.6 Å². The van der Waals surface area contributed by atoms with Crippen LogP contribution in [0.2, 0.25) is 0 Å². The first-order valence-electron chi connectivity index (χ1n) is 8.62. The van der Waals surface area contributed by atoms with Gasteiger partial charge in [0.15, 0.2) is 6.61 Å². The maximum Gasteiger partial charge on any atom is 0.267 e. The Morgan fingerprint density at radius 2 is 1.71 bits per heavy atom. The molecule has 2 amide bonds. The molecule has 2 aliphatic heterocycles. The van der Waals surface area contributed by atoms with Crippen molar-refractivity contribution in [2.45, 2.75) is 12.8 Å². The Bertz CT molecular complexity index is 597. The molecule has 0 spiro atoms. The molecule has 0 aliphatic carbocycles. The van der Waals surface area contributed by atoms with E-state index in [0.717, 1.165) is 45.6 Å². The number of rotatable bonds is 5. The summed E-state index contributed by atoms with van der Waals surface area (Å²) in [5.74, 6) is -0.000666. The molecule has 0 bridgehead atoms. The Labute approximate surface area is 143 Å². The molecule has 24 heavy (non-hydrogen) atoms. The molecule has 0 atom stereocenters.